The summed E-state index contributed by atoms with van der Waals surface area (Å²) in [6, 6.07) is -1.57. The van der Waals surface area contributed by atoms with Gasteiger partial charge in [0.15, 0.2) is 0 Å². The third-order valence-electron chi connectivity index (χ3n) is 3.16. The lowest BCUT2D eigenvalue weighted by atomic mass is 10.1. The predicted octanol–water partition coefficient (Wildman–Crippen LogP) is -1.07. The maximum absolute atomic E-state index is 11.9. The lowest BCUT2D eigenvalue weighted by molar-refractivity contribution is -0.147. The fourth-order valence-corrected chi connectivity index (χ4v) is 2.03. The van der Waals surface area contributed by atoms with E-state index in [1.807, 2.05) is 0 Å². The van der Waals surface area contributed by atoms with Crippen LogP contribution in [-0.2, 0) is 14.4 Å². The lowest BCUT2D eigenvalue weighted by Crippen LogP contribution is -2.61. The van der Waals surface area contributed by atoms with Crippen LogP contribution in [0.2, 0.25) is 0 Å². The highest BCUT2D eigenvalue weighted by atomic mass is 16.2. The maximum Gasteiger partial charge on any atom is 0.331 e. The highest BCUT2D eigenvalue weighted by molar-refractivity contribution is 6.17. The average molecular weight is 239 g/mol. The summed E-state index contributed by atoms with van der Waals surface area (Å²) in [6.45, 7) is 1.92. The SMILES string of the molecule is CC1C(=O)NC(=O)N(C2CCN(C)C2=O)C1=O. The highest BCUT2D eigenvalue weighted by Crippen LogP contribution is 2.20. The van der Waals surface area contributed by atoms with E-state index >= 15 is 0 Å². The van der Waals surface area contributed by atoms with Crippen molar-refractivity contribution in [3.63, 3.8) is 0 Å². The van der Waals surface area contributed by atoms with Crippen LogP contribution in [0.15, 0.2) is 0 Å². The third kappa shape index (κ3) is 1.67. The van der Waals surface area contributed by atoms with E-state index in [-0.39, 0.29) is 5.91 Å². The maximum atomic E-state index is 11.9. The molecule has 0 aromatic carbocycles. The Morgan fingerprint density at radius 2 is 1.82 bits per heavy atom. The largest absolute Gasteiger partial charge is 0.344 e. The number of imide groups is 2. The molecule has 2 unspecified atom stereocenters. The van der Waals surface area contributed by atoms with E-state index in [1.165, 1.54) is 11.8 Å². The van der Waals surface area contributed by atoms with Gasteiger partial charge in [-0.25, -0.2) is 4.79 Å². The lowest BCUT2D eigenvalue weighted by Gasteiger charge is -2.31. The minimum atomic E-state index is -0.925. The van der Waals surface area contributed by atoms with Crippen LogP contribution in [0.3, 0.4) is 0 Å². The van der Waals surface area contributed by atoms with Crippen molar-refractivity contribution in [2.24, 2.45) is 5.92 Å². The molecule has 2 rings (SSSR count). The molecule has 0 spiro atoms. The Hall–Kier alpha value is -1.92. The second-order valence-electron chi connectivity index (χ2n) is 4.29. The van der Waals surface area contributed by atoms with Crippen LogP contribution in [-0.4, -0.2) is 53.2 Å². The van der Waals surface area contributed by atoms with Crippen molar-refractivity contribution >= 4 is 23.8 Å². The van der Waals surface area contributed by atoms with Crippen LogP contribution in [0.4, 0.5) is 4.79 Å². The van der Waals surface area contributed by atoms with Gasteiger partial charge in [0.25, 0.3) is 0 Å². The molecule has 0 saturated carbocycles. The molecular formula is C10H13N3O4. The number of hydrogen-bond donors (Lipinski definition) is 1. The average Bonchev–Trinajstić information content (AvgIpc) is 2.58. The summed E-state index contributed by atoms with van der Waals surface area (Å²) < 4.78 is 0. The van der Waals surface area contributed by atoms with Gasteiger partial charge < -0.3 is 4.90 Å². The van der Waals surface area contributed by atoms with E-state index < -0.39 is 29.8 Å². The Bertz CT molecular complexity index is 420. The molecule has 2 aliphatic rings. The fourth-order valence-electron chi connectivity index (χ4n) is 2.03. The molecule has 0 radical (unpaired) electrons. The number of amides is 5. The van der Waals surface area contributed by atoms with Gasteiger partial charge in [0.2, 0.25) is 17.7 Å². The van der Waals surface area contributed by atoms with Gasteiger partial charge in [0.05, 0.1) is 0 Å². The fraction of sp³-hybridized carbons (Fsp3) is 0.600. The summed E-state index contributed by atoms with van der Waals surface area (Å²) in [4.78, 5) is 48.8. The van der Waals surface area contributed by atoms with Gasteiger partial charge in [0.1, 0.15) is 12.0 Å². The van der Waals surface area contributed by atoms with Gasteiger partial charge in [-0.2, -0.15) is 0 Å². The first-order valence-corrected chi connectivity index (χ1v) is 5.36. The van der Waals surface area contributed by atoms with Gasteiger partial charge in [-0.1, -0.05) is 0 Å². The second-order valence-corrected chi connectivity index (χ2v) is 4.29. The molecule has 0 bridgehead atoms. The third-order valence-corrected chi connectivity index (χ3v) is 3.16. The molecule has 2 saturated heterocycles. The number of carbonyl (C=O) groups excluding carboxylic acids is 4. The normalized spacial score (nSPS) is 30.0. The first-order chi connectivity index (χ1) is 7.93. The van der Waals surface area contributed by atoms with Gasteiger partial charge in [-0.15, -0.1) is 0 Å². The van der Waals surface area contributed by atoms with Crippen LogP contribution in [0.25, 0.3) is 0 Å². The molecule has 2 heterocycles. The first-order valence-electron chi connectivity index (χ1n) is 5.36. The standard InChI is InChI=1S/C10H13N3O4/c1-5-7(14)11-10(17)13(8(5)15)6-3-4-12(2)9(6)16/h5-6H,3-4H2,1-2H3,(H,11,14,17). The number of nitrogens with zero attached hydrogens (tertiary/aromatic N) is 2. The summed E-state index contributed by atoms with van der Waals surface area (Å²) in [6.07, 6.45) is 0.412. The molecule has 2 aliphatic heterocycles. The molecule has 0 aromatic heterocycles. The Morgan fingerprint density at radius 3 is 2.35 bits per heavy atom. The number of likely N-dealkylation sites (N-methyl/N-ethyl adjacent to an activating group) is 1. The molecular weight excluding hydrogens is 226 g/mol. The molecule has 0 aromatic rings. The number of nitrogens with one attached hydrogen (secondary N) is 1. The Balaban J connectivity index is 2.26. The van der Waals surface area contributed by atoms with Crippen molar-refractivity contribution in [2.75, 3.05) is 13.6 Å². The summed E-state index contributed by atoms with van der Waals surface area (Å²) in [5.41, 5.74) is 0. The molecule has 5 amide bonds. The van der Waals surface area contributed by atoms with Crippen molar-refractivity contribution in [2.45, 2.75) is 19.4 Å². The summed E-state index contributed by atoms with van der Waals surface area (Å²) in [5.74, 6) is -2.41. The zero-order valence-corrected chi connectivity index (χ0v) is 9.60. The van der Waals surface area contributed by atoms with Crippen molar-refractivity contribution in [3.05, 3.63) is 0 Å². The summed E-state index contributed by atoms with van der Waals surface area (Å²) >= 11 is 0. The van der Waals surface area contributed by atoms with Gasteiger partial charge in [-0.05, 0) is 13.3 Å². The molecule has 1 N–H and O–H groups in total. The van der Waals surface area contributed by atoms with E-state index in [2.05, 4.69) is 5.32 Å². The molecule has 2 atom stereocenters. The molecule has 2 fully saturated rings. The smallest absolute Gasteiger partial charge is 0.331 e. The number of hydrogen-bond acceptors (Lipinski definition) is 4. The minimum Gasteiger partial charge on any atom is -0.344 e. The van der Waals surface area contributed by atoms with Gasteiger partial charge in [-0.3, -0.25) is 24.6 Å². The highest BCUT2D eigenvalue weighted by Gasteiger charge is 2.46. The summed E-state index contributed by atoms with van der Waals surface area (Å²) in [7, 11) is 1.61. The second kappa shape index (κ2) is 3.83. The van der Waals surface area contributed by atoms with Gasteiger partial charge in [0, 0.05) is 13.6 Å². The van der Waals surface area contributed by atoms with Gasteiger partial charge >= 0.3 is 6.03 Å². The zero-order valence-electron chi connectivity index (χ0n) is 9.60. The summed E-state index contributed by atoms with van der Waals surface area (Å²) in [5, 5.41) is 2.08. The van der Waals surface area contributed by atoms with Crippen LogP contribution < -0.4 is 5.32 Å². The molecule has 0 aliphatic carbocycles. The van der Waals surface area contributed by atoms with Crippen LogP contribution in [0.1, 0.15) is 13.3 Å². The topological polar surface area (TPSA) is 86.8 Å². The monoisotopic (exact) mass is 239 g/mol. The number of urea groups is 1. The van der Waals surface area contributed by atoms with E-state index in [0.717, 1.165) is 4.90 Å². The van der Waals surface area contributed by atoms with Crippen molar-refractivity contribution in [3.8, 4) is 0 Å². The molecule has 7 nitrogen and oxygen atoms in total. The zero-order chi connectivity index (χ0) is 12.7. The molecule has 17 heavy (non-hydrogen) atoms. The first kappa shape index (κ1) is 11.6. The molecule has 92 valence electrons. The number of likely N-dealkylation sites (tertiary alicyclic amines) is 1. The minimum absolute atomic E-state index is 0.268. The molecule has 7 heteroatoms. The number of carbonyl (C=O) groups is 4. The van der Waals surface area contributed by atoms with E-state index in [9.17, 15) is 19.2 Å². The van der Waals surface area contributed by atoms with E-state index in [1.54, 1.807) is 7.05 Å². The number of barbiturate groups is 1. The number of rotatable bonds is 1. The quantitative estimate of drug-likeness (QED) is 0.590. The Kier molecular flexibility index (Phi) is 2.60. The van der Waals surface area contributed by atoms with Crippen LogP contribution in [0, 0.1) is 5.92 Å². The predicted molar refractivity (Wildman–Crippen MR) is 55.6 cm³/mol. The van der Waals surface area contributed by atoms with E-state index in [0.29, 0.717) is 13.0 Å². The van der Waals surface area contributed by atoms with Crippen LogP contribution in [0.5, 0.6) is 0 Å². The van der Waals surface area contributed by atoms with Crippen molar-refractivity contribution in [1.82, 2.24) is 15.1 Å². The van der Waals surface area contributed by atoms with E-state index in [4.69, 9.17) is 0 Å². The Labute approximate surface area is 97.7 Å². The van der Waals surface area contributed by atoms with Crippen molar-refractivity contribution in [1.29, 1.82) is 0 Å². The Morgan fingerprint density at radius 1 is 1.18 bits per heavy atom. The van der Waals surface area contributed by atoms with Crippen LogP contribution >= 0.6 is 0 Å². The van der Waals surface area contributed by atoms with Crippen molar-refractivity contribution < 1.29 is 19.2 Å².